The average Bonchev–Trinajstić information content (AvgIpc) is 1.92. The average molecular weight is 290 g/mol. The van der Waals surface area contributed by atoms with Crippen molar-refractivity contribution in [1.82, 2.24) is 0 Å². The van der Waals surface area contributed by atoms with Gasteiger partial charge < -0.3 is 0 Å². The summed E-state index contributed by atoms with van der Waals surface area (Å²) in [5.74, 6) is 0. The quantitative estimate of drug-likeness (QED) is 0.745. The molecule has 0 unspecified atom stereocenters. The maximum absolute atomic E-state index is 10.9. The first-order valence-electron chi connectivity index (χ1n) is 2.81. The molecule has 0 N–H and O–H groups in total. The first kappa shape index (κ1) is 10.3. The predicted octanol–water partition coefficient (Wildman–Crippen LogP) is 3.03. The monoisotopic (exact) mass is 288 g/mol. The van der Waals surface area contributed by atoms with Crippen LogP contribution in [0, 0.1) is 0 Å². The lowest BCUT2D eigenvalue weighted by molar-refractivity contribution is 0.609. The Morgan fingerprint density at radius 2 is 1.92 bits per heavy atom. The zero-order chi connectivity index (χ0) is 9.35. The lowest BCUT2D eigenvalue weighted by Gasteiger charge is -2.00. The molecule has 1 aromatic carbocycles. The molecule has 66 valence electrons. The molecule has 0 saturated heterocycles. The fourth-order valence-corrected chi connectivity index (χ4v) is 2.67. The van der Waals surface area contributed by atoms with Gasteiger partial charge in [-0.15, -0.1) is 0 Å². The van der Waals surface area contributed by atoms with E-state index in [1.165, 1.54) is 6.07 Å². The molecule has 1 aromatic rings. The molecule has 0 radical (unpaired) electrons. The van der Waals surface area contributed by atoms with Gasteiger partial charge in [-0.05, 0) is 28.1 Å². The van der Waals surface area contributed by atoms with E-state index in [0.29, 0.717) is 4.47 Å². The van der Waals surface area contributed by atoms with E-state index in [9.17, 15) is 8.42 Å². The second-order valence-corrected chi connectivity index (χ2v) is 5.76. The van der Waals surface area contributed by atoms with Crippen molar-refractivity contribution in [3.8, 4) is 0 Å². The molecule has 0 aliphatic carbocycles. The minimum absolute atomic E-state index is 0.0831. The van der Waals surface area contributed by atoms with Gasteiger partial charge in [0.25, 0.3) is 9.05 Å². The van der Waals surface area contributed by atoms with Crippen molar-refractivity contribution >= 4 is 47.3 Å². The Balaban J connectivity index is 3.47. The Morgan fingerprint density at radius 3 is 2.33 bits per heavy atom. The molecule has 0 spiro atoms. The molecular formula is C6H3BrCl2O2S. The van der Waals surface area contributed by atoms with Gasteiger partial charge in [-0.25, -0.2) is 8.42 Å². The Hall–Kier alpha value is 0.230. The molecule has 0 amide bonds. The van der Waals surface area contributed by atoms with Crippen molar-refractivity contribution in [3.05, 3.63) is 27.7 Å². The van der Waals surface area contributed by atoms with Crippen molar-refractivity contribution in [3.63, 3.8) is 0 Å². The standard InChI is InChI=1S/C6H3BrCl2O2S/c7-4-2-1-3-5(6(4)8)12(9,10)11/h1-3H. The van der Waals surface area contributed by atoms with Crippen LogP contribution < -0.4 is 0 Å². The smallest absolute Gasteiger partial charge is 0.207 e. The summed E-state index contributed by atoms with van der Waals surface area (Å²) in [6.07, 6.45) is 0. The zero-order valence-corrected chi connectivity index (χ0v) is 9.51. The first-order valence-corrected chi connectivity index (χ1v) is 6.29. The molecular weight excluding hydrogens is 287 g/mol. The van der Waals surface area contributed by atoms with Crippen LogP contribution in [-0.2, 0) is 9.05 Å². The van der Waals surface area contributed by atoms with Gasteiger partial charge in [0.15, 0.2) is 0 Å². The molecule has 0 aromatic heterocycles. The molecule has 12 heavy (non-hydrogen) atoms. The summed E-state index contributed by atoms with van der Waals surface area (Å²) in [7, 11) is 1.36. The third-order valence-corrected chi connectivity index (χ3v) is 3.95. The second kappa shape index (κ2) is 3.54. The lowest BCUT2D eigenvalue weighted by Crippen LogP contribution is -1.91. The molecule has 0 fully saturated rings. The summed E-state index contributed by atoms with van der Waals surface area (Å²) < 4.78 is 22.2. The van der Waals surface area contributed by atoms with Crippen LogP contribution in [0.15, 0.2) is 27.6 Å². The molecule has 0 aliphatic heterocycles. The molecule has 0 aliphatic rings. The van der Waals surface area contributed by atoms with Gasteiger partial charge in [-0.3, -0.25) is 0 Å². The van der Waals surface area contributed by atoms with Gasteiger partial charge in [0.1, 0.15) is 4.90 Å². The first-order chi connectivity index (χ1) is 5.43. The van der Waals surface area contributed by atoms with Crippen molar-refractivity contribution in [2.45, 2.75) is 4.90 Å². The number of halogens is 3. The molecule has 0 saturated carbocycles. The minimum atomic E-state index is -3.75. The second-order valence-electron chi connectivity index (χ2n) is 1.99. The fraction of sp³-hybridized carbons (Fsp3) is 0. The van der Waals surface area contributed by atoms with Crippen molar-refractivity contribution < 1.29 is 8.42 Å². The summed E-state index contributed by atoms with van der Waals surface area (Å²) in [6.45, 7) is 0. The summed E-state index contributed by atoms with van der Waals surface area (Å²) >= 11 is 8.75. The molecule has 0 atom stereocenters. The van der Waals surface area contributed by atoms with Crippen molar-refractivity contribution in [2.24, 2.45) is 0 Å². The summed E-state index contributed by atoms with van der Waals surface area (Å²) in [5.41, 5.74) is 0. The Labute approximate surface area is 88.0 Å². The van der Waals surface area contributed by atoms with Crippen LogP contribution in [0.2, 0.25) is 5.02 Å². The molecule has 6 heteroatoms. The van der Waals surface area contributed by atoms with Crippen molar-refractivity contribution in [1.29, 1.82) is 0 Å². The minimum Gasteiger partial charge on any atom is -0.207 e. The lowest BCUT2D eigenvalue weighted by atomic mass is 10.4. The maximum Gasteiger partial charge on any atom is 0.262 e. The Morgan fingerprint density at radius 1 is 1.33 bits per heavy atom. The fourth-order valence-electron chi connectivity index (χ4n) is 0.672. The third-order valence-electron chi connectivity index (χ3n) is 1.18. The van der Waals surface area contributed by atoms with Crippen LogP contribution in [0.4, 0.5) is 0 Å². The SMILES string of the molecule is O=S(=O)(Cl)c1cccc(Br)c1Cl. The van der Waals surface area contributed by atoms with E-state index >= 15 is 0 Å². The van der Waals surface area contributed by atoms with E-state index in [2.05, 4.69) is 15.9 Å². The summed E-state index contributed by atoms with van der Waals surface area (Å²) in [5, 5.41) is 0.104. The highest BCUT2D eigenvalue weighted by Gasteiger charge is 2.15. The van der Waals surface area contributed by atoms with Crippen LogP contribution in [0.3, 0.4) is 0 Å². The molecule has 1 rings (SSSR count). The number of hydrogen-bond donors (Lipinski definition) is 0. The van der Waals surface area contributed by atoms with Crippen LogP contribution in [0.1, 0.15) is 0 Å². The van der Waals surface area contributed by atoms with Crippen molar-refractivity contribution in [2.75, 3.05) is 0 Å². The number of rotatable bonds is 1. The van der Waals surface area contributed by atoms with Gasteiger partial charge in [-0.1, -0.05) is 17.7 Å². The summed E-state index contributed by atoms with van der Waals surface area (Å²) in [6, 6.07) is 4.52. The highest BCUT2D eigenvalue weighted by Crippen LogP contribution is 2.30. The normalized spacial score (nSPS) is 11.6. The Bertz CT molecular complexity index is 402. The number of hydrogen-bond acceptors (Lipinski definition) is 2. The van der Waals surface area contributed by atoms with Crippen LogP contribution in [-0.4, -0.2) is 8.42 Å². The molecule has 0 bridgehead atoms. The van der Waals surface area contributed by atoms with E-state index in [0.717, 1.165) is 0 Å². The third kappa shape index (κ3) is 2.13. The molecule has 2 nitrogen and oxygen atoms in total. The van der Waals surface area contributed by atoms with E-state index in [-0.39, 0.29) is 9.92 Å². The van der Waals surface area contributed by atoms with Gasteiger partial charge in [0.05, 0.1) is 5.02 Å². The predicted molar refractivity (Wildman–Crippen MR) is 52.2 cm³/mol. The topological polar surface area (TPSA) is 34.1 Å². The maximum atomic E-state index is 10.9. The van der Waals surface area contributed by atoms with Crippen LogP contribution in [0.5, 0.6) is 0 Å². The van der Waals surface area contributed by atoms with E-state index in [1.54, 1.807) is 12.1 Å². The zero-order valence-electron chi connectivity index (χ0n) is 5.59. The van der Waals surface area contributed by atoms with Gasteiger partial charge >= 0.3 is 0 Å². The molecule has 0 heterocycles. The van der Waals surface area contributed by atoms with E-state index in [4.69, 9.17) is 22.3 Å². The van der Waals surface area contributed by atoms with Gasteiger partial charge in [0.2, 0.25) is 0 Å². The van der Waals surface area contributed by atoms with E-state index in [1.807, 2.05) is 0 Å². The van der Waals surface area contributed by atoms with Gasteiger partial charge in [-0.2, -0.15) is 0 Å². The highest BCUT2D eigenvalue weighted by atomic mass is 79.9. The highest BCUT2D eigenvalue weighted by molar-refractivity contribution is 9.10. The Kier molecular flexibility index (Phi) is 3.04. The van der Waals surface area contributed by atoms with Crippen LogP contribution in [0.25, 0.3) is 0 Å². The van der Waals surface area contributed by atoms with Gasteiger partial charge in [0, 0.05) is 15.2 Å². The number of benzene rings is 1. The summed E-state index contributed by atoms with van der Waals surface area (Å²) in [4.78, 5) is -0.0831. The van der Waals surface area contributed by atoms with E-state index < -0.39 is 9.05 Å². The largest absolute Gasteiger partial charge is 0.262 e. The van der Waals surface area contributed by atoms with Crippen LogP contribution >= 0.6 is 38.2 Å².